The Labute approximate surface area is 159 Å². The lowest BCUT2D eigenvalue weighted by Gasteiger charge is -2.09. The monoisotopic (exact) mass is 374 g/mol. The Morgan fingerprint density at radius 1 is 0.885 bits per heavy atom. The number of nitrogens with zero attached hydrogens (tertiary/aromatic N) is 2. The normalized spacial score (nSPS) is 12.0. The van der Waals surface area contributed by atoms with Crippen LogP contribution in [0.4, 0.5) is 0 Å². The maximum Gasteiger partial charge on any atom is 0.134 e. The number of halogens is 1. The number of hydrogen-bond donors (Lipinski definition) is 0. The Bertz CT molecular complexity index is 741. The Balaban J connectivity index is 2.15. The van der Waals surface area contributed by atoms with Crippen LogP contribution in [0, 0.1) is 0 Å². The lowest BCUT2D eigenvalue weighted by molar-refractivity contribution is 0.144. The predicted molar refractivity (Wildman–Crippen MR) is 105 cm³/mol. The largest absolute Gasteiger partial charge is 0.457 e. The van der Waals surface area contributed by atoms with E-state index in [1.165, 1.54) is 0 Å². The number of benzene rings is 2. The first-order chi connectivity index (χ1) is 12.6. The number of oxime groups is 2. The van der Waals surface area contributed by atoms with Crippen LogP contribution in [-0.2, 0) is 9.68 Å². The Morgan fingerprint density at radius 2 is 1.50 bits per heavy atom. The van der Waals surface area contributed by atoms with Crippen LogP contribution in [-0.4, -0.2) is 24.6 Å². The molecule has 0 amide bonds. The van der Waals surface area contributed by atoms with Crippen LogP contribution in [0.5, 0.6) is 11.5 Å². The summed E-state index contributed by atoms with van der Waals surface area (Å²) in [6.07, 6.45) is 0.894. The van der Waals surface area contributed by atoms with Crippen molar-refractivity contribution in [1.82, 2.24) is 0 Å². The van der Waals surface area contributed by atoms with Gasteiger partial charge in [0.05, 0.1) is 0 Å². The molecular formula is C20H23ClN2O3. The number of hydrogen-bond acceptors (Lipinski definition) is 5. The second kappa shape index (κ2) is 10.5. The molecule has 0 atom stereocenters. The third-order valence-electron chi connectivity index (χ3n) is 3.30. The van der Waals surface area contributed by atoms with Crippen molar-refractivity contribution in [3.8, 4) is 11.5 Å². The Hall–Kier alpha value is -2.53. The summed E-state index contributed by atoms with van der Waals surface area (Å²) in [4.78, 5) is 10.5. The second-order valence-corrected chi connectivity index (χ2v) is 5.88. The summed E-state index contributed by atoms with van der Waals surface area (Å²) in [5.41, 5.74) is 2.14. The van der Waals surface area contributed by atoms with Gasteiger partial charge in [0.25, 0.3) is 0 Å². The first-order valence-electron chi connectivity index (χ1n) is 8.54. The highest BCUT2D eigenvalue weighted by Gasteiger charge is 2.10. The van der Waals surface area contributed by atoms with E-state index in [-0.39, 0.29) is 0 Å². The molecule has 6 heteroatoms. The topological polar surface area (TPSA) is 52.4 Å². The van der Waals surface area contributed by atoms with E-state index in [4.69, 9.17) is 26.0 Å². The fraction of sp³-hybridized carbons (Fsp3) is 0.300. The smallest absolute Gasteiger partial charge is 0.134 e. The molecule has 26 heavy (non-hydrogen) atoms. The van der Waals surface area contributed by atoms with Gasteiger partial charge in [-0.2, -0.15) is 0 Å². The molecular weight excluding hydrogens is 352 g/mol. The van der Waals surface area contributed by atoms with Crippen molar-refractivity contribution in [2.45, 2.75) is 27.2 Å². The fourth-order valence-corrected chi connectivity index (χ4v) is 2.18. The highest BCUT2D eigenvalue weighted by Crippen LogP contribution is 2.23. The van der Waals surface area contributed by atoms with E-state index in [2.05, 4.69) is 10.3 Å². The van der Waals surface area contributed by atoms with Gasteiger partial charge in [-0.05, 0) is 68.8 Å². The molecule has 0 heterocycles. The lowest BCUT2D eigenvalue weighted by Crippen LogP contribution is -2.14. The molecule has 0 saturated carbocycles. The van der Waals surface area contributed by atoms with E-state index in [1.807, 2.05) is 57.2 Å². The van der Waals surface area contributed by atoms with Crippen LogP contribution in [0.15, 0.2) is 58.8 Å². The van der Waals surface area contributed by atoms with E-state index in [9.17, 15) is 0 Å². The summed E-state index contributed by atoms with van der Waals surface area (Å²) in [7, 11) is 0. The van der Waals surface area contributed by atoms with Gasteiger partial charge in [-0.3, -0.25) is 0 Å². The molecule has 0 unspecified atom stereocenters. The van der Waals surface area contributed by atoms with E-state index in [0.717, 1.165) is 17.7 Å². The van der Waals surface area contributed by atoms with Gasteiger partial charge in [0.15, 0.2) is 0 Å². The van der Waals surface area contributed by atoms with Crippen LogP contribution < -0.4 is 4.74 Å². The summed E-state index contributed by atoms with van der Waals surface area (Å²) in [6.45, 7) is 6.78. The van der Waals surface area contributed by atoms with Gasteiger partial charge in [0.2, 0.25) is 0 Å². The van der Waals surface area contributed by atoms with Crippen molar-refractivity contribution < 1.29 is 14.4 Å². The van der Waals surface area contributed by atoms with Crippen molar-refractivity contribution in [3.63, 3.8) is 0 Å². The van der Waals surface area contributed by atoms with E-state index in [1.54, 1.807) is 12.1 Å². The number of rotatable bonds is 9. The molecule has 5 nitrogen and oxygen atoms in total. The van der Waals surface area contributed by atoms with E-state index >= 15 is 0 Å². The zero-order chi connectivity index (χ0) is 18.8. The van der Waals surface area contributed by atoms with Gasteiger partial charge in [0.1, 0.15) is 36.1 Å². The van der Waals surface area contributed by atoms with Crippen molar-refractivity contribution in [2.24, 2.45) is 10.3 Å². The van der Waals surface area contributed by atoms with Crippen LogP contribution in [0.25, 0.3) is 0 Å². The summed E-state index contributed by atoms with van der Waals surface area (Å²) in [5.74, 6) is 1.43. The summed E-state index contributed by atoms with van der Waals surface area (Å²) in [5, 5.41) is 8.94. The van der Waals surface area contributed by atoms with Crippen LogP contribution in [0.1, 0.15) is 32.8 Å². The average molecular weight is 375 g/mol. The molecule has 0 aliphatic rings. The Kier molecular flexibility index (Phi) is 7.96. The van der Waals surface area contributed by atoms with E-state index < -0.39 is 0 Å². The standard InChI is InChI=1S/C20H23ClN2O3/c1-4-14-25-22-15(3)20(23-24-5-2)16-6-10-18(11-7-16)26-19-12-8-17(21)9-13-19/h6-13H,4-5,14H2,1-3H3/b22-15+,23-20-. The molecule has 2 aromatic carbocycles. The summed E-state index contributed by atoms with van der Waals surface area (Å²) >= 11 is 5.88. The molecule has 0 spiro atoms. The van der Waals surface area contributed by atoms with Gasteiger partial charge in [-0.1, -0.05) is 28.8 Å². The molecule has 0 aromatic heterocycles. The first-order valence-corrected chi connectivity index (χ1v) is 8.92. The predicted octanol–water partition coefficient (Wildman–Crippen LogP) is 5.68. The van der Waals surface area contributed by atoms with Crippen LogP contribution in [0.2, 0.25) is 5.02 Å². The minimum absolute atomic E-state index is 0.477. The fourth-order valence-electron chi connectivity index (χ4n) is 2.05. The van der Waals surface area contributed by atoms with Crippen molar-refractivity contribution >= 4 is 23.0 Å². The van der Waals surface area contributed by atoms with E-state index in [0.29, 0.717) is 35.4 Å². The zero-order valence-electron chi connectivity index (χ0n) is 15.2. The molecule has 2 aromatic rings. The maximum absolute atomic E-state index is 5.88. The quantitative estimate of drug-likeness (QED) is 0.322. The third-order valence-corrected chi connectivity index (χ3v) is 3.55. The molecule has 0 fully saturated rings. The molecule has 138 valence electrons. The van der Waals surface area contributed by atoms with Crippen LogP contribution in [0.3, 0.4) is 0 Å². The molecule has 0 bridgehead atoms. The highest BCUT2D eigenvalue weighted by atomic mass is 35.5. The van der Waals surface area contributed by atoms with Crippen LogP contribution >= 0.6 is 11.6 Å². The van der Waals surface area contributed by atoms with Crippen molar-refractivity contribution in [1.29, 1.82) is 0 Å². The molecule has 2 rings (SSSR count). The zero-order valence-corrected chi connectivity index (χ0v) is 16.0. The third kappa shape index (κ3) is 6.08. The van der Waals surface area contributed by atoms with Gasteiger partial charge in [0, 0.05) is 10.6 Å². The van der Waals surface area contributed by atoms with Crippen molar-refractivity contribution in [2.75, 3.05) is 13.2 Å². The second-order valence-electron chi connectivity index (χ2n) is 5.45. The Morgan fingerprint density at radius 3 is 2.08 bits per heavy atom. The summed E-state index contributed by atoms with van der Waals surface area (Å²) < 4.78 is 5.80. The van der Waals surface area contributed by atoms with Gasteiger partial charge in [-0.25, -0.2) is 0 Å². The molecule has 0 aliphatic heterocycles. The van der Waals surface area contributed by atoms with Gasteiger partial charge in [-0.15, -0.1) is 0 Å². The van der Waals surface area contributed by atoms with Gasteiger partial charge < -0.3 is 14.4 Å². The molecule has 0 saturated heterocycles. The minimum Gasteiger partial charge on any atom is -0.457 e. The lowest BCUT2D eigenvalue weighted by atomic mass is 10.1. The van der Waals surface area contributed by atoms with Gasteiger partial charge >= 0.3 is 0 Å². The SMILES string of the molecule is CCCO/N=C(C)/C(=N/OCC)c1ccc(Oc2ccc(Cl)cc2)cc1. The average Bonchev–Trinajstić information content (AvgIpc) is 2.65. The molecule has 0 N–H and O–H groups in total. The molecule has 0 radical (unpaired) electrons. The molecule has 0 aliphatic carbocycles. The van der Waals surface area contributed by atoms with Crippen molar-refractivity contribution in [3.05, 3.63) is 59.1 Å². The first kappa shape index (κ1) is 19.8. The maximum atomic E-state index is 5.88. The highest BCUT2D eigenvalue weighted by molar-refractivity contribution is 6.47. The number of ether oxygens (including phenoxy) is 1. The minimum atomic E-state index is 0.477. The summed E-state index contributed by atoms with van der Waals surface area (Å²) in [6, 6.07) is 14.8.